The molecule has 0 bridgehead atoms. The highest BCUT2D eigenvalue weighted by atomic mass is 16.5. The summed E-state index contributed by atoms with van der Waals surface area (Å²) in [5.41, 5.74) is 0. The van der Waals surface area contributed by atoms with Gasteiger partial charge in [-0.15, -0.1) is 0 Å². The van der Waals surface area contributed by atoms with Gasteiger partial charge < -0.3 is 4.74 Å². The van der Waals surface area contributed by atoms with Crippen LogP contribution in [0, 0.1) is 0 Å². The van der Waals surface area contributed by atoms with E-state index < -0.39 is 0 Å². The fraction of sp³-hybridized carbons (Fsp3) is 0.875. The molecule has 0 aromatic rings. The molecule has 1 aliphatic rings. The Hall–Kier alpha value is -0.570. The summed E-state index contributed by atoms with van der Waals surface area (Å²) in [6.45, 7) is 2.68. The van der Waals surface area contributed by atoms with Crippen molar-refractivity contribution in [3.05, 3.63) is 0 Å². The average Bonchev–Trinajstić information content (AvgIpc) is 2.38. The van der Waals surface area contributed by atoms with Gasteiger partial charge in [-0.1, -0.05) is 13.3 Å². The molecule has 0 spiro atoms. The number of hydrogen-bond acceptors (Lipinski definition) is 3. The van der Waals surface area contributed by atoms with Crippen LogP contribution in [0.5, 0.6) is 0 Å². The number of rotatable bonds is 4. The molecule has 0 radical (unpaired) electrons. The number of nitrogens with one attached hydrogen (secondary N) is 1. The maximum absolute atomic E-state index is 9.96. The predicted molar refractivity (Wildman–Crippen MR) is 42.0 cm³/mol. The zero-order valence-corrected chi connectivity index (χ0v) is 6.88. The van der Waals surface area contributed by atoms with E-state index in [0.717, 1.165) is 12.8 Å². The fourth-order valence-corrected chi connectivity index (χ4v) is 1.53. The third-order valence-electron chi connectivity index (χ3n) is 2.06. The van der Waals surface area contributed by atoms with E-state index in [-0.39, 0.29) is 6.23 Å². The van der Waals surface area contributed by atoms with Crippen molar-refractivity contribution >= 4 is 6.47 Å². The van der Waals surface area contributed by atoms with Gasteiger partial charge in [-0.05, 0) is 19.3 Å². The maximum atomic E-state index is 9.96. The lowest BCUT2D eigenvalue weighted by Gasteiger charge is -2.11. The van der Waals surface area contributed by atoms with Gasteiger partial charge >= 0.3 is 0 Å². The van der Waals surface area contributed by atoms with Crippen LogP contribution in [-0.2, 0) is 9.53 Å². The highest BCUT2D eigenvalue weighted by molar-refractivity contribution is 5.37. The molecular weight excluding hydrogens is 142 g/mol. The smallest absolute Gasteiger partial charge is 0.294 e. The van der Waals surface area contributed by atoms with E-state index in [1.807, 2.05) is 0 Å². The monoisotopic (exact) mass is 157 g/mol. The molecule has 0 aliphatic carbocycles. The maximum Gasteiger partial charge on any atom is 0.294 e. The van der Waals surface area contributed by atoms with Crippen LogP contribution in [0.4, 0.5) is 0 Å². The highest BCUT2D eigenvalue weighted by Crippen LogP contribution is 2.16. The minimum absolute atomic E-state index is 0.0240. The molecule has 11 heavy (non-hydrogen) atoms. The molecular formula is C8H15NO2. The third kappa shape index (κ3) is 2.50. The lowest BCUT2D eigenvalue weighted by atomic mass is 10.1. The van der Waals surface area contributed by atoms with Crippen LogP contribution in [0.2, 0.25) is 0 Å². The van der Waals surface area contributed by atoms with Crippen LogP contribution in [0.3, 0.4) is 0 Å². The van der Waals surface area contributed by atoms with Gasteiger partial charge in [-0.2, -0.15) is 0 Å². The van der Waals surface area contributed by atoms with E-state index in [2.05, 4.69) is 12.2 Å². The summed E-state index contributed by atoms with van der Waals surface area (Å²) in [6, 6.07) is 0.560. The van der Waals surface area contributed by atoms with Crippen molar-refractivity contribution in [1.29, 1.82) is 0 Å². The summed E-state index contributed by atoms with van der Waals surface area (Å²) >= 11 is 0. The highest BCUT2D eigenvalue weighted by Gasteiger charge is 2.23. The summed E-state index contributed by atoms with van der Waals surface area (Å²) in [4.78, 5) is 9.96. The van der Waals surface area contributed by atoms with Crippen molar-refractivity contribution in [2.45, 2.75) is 44.9 Å². The average molecular weight is 157 g/mol. The van der Waals surface area contributed by atoms with Gasteiger partial charge in [0.05, 0.1) is 0 Å². The molecule has 1 fully saturated rings. The molecule has 1 rings (SSSR count). The Morgan fingerprint density at radius 2 is 2.45 bits per heavy atom. The molecule has 0 saturated carbocycles. The molecule has 1 aliphatic heterocycles. The van der Waals surface area contributed by atoms with Crippen molar-refractivity contribution in [3.63, 3.8) is 0 Å². The number of ether oxygens (including phenoxy) is 1. The second-order valence-corrected chi connectivity index (χ2v) is 2.95. The van der Waals surface area contributed by atoms with Crippen LogP contribution in [0.15, 0.2) is 0 Å². The third-order valence-corrected chi connectivity index (χ3v) is 2.06. The molecule has 0 aromatic heterocycles. The summed E-state index contributed by atoms with van der Waals surface area (Å²) in [6.07, 6.45) is 4.43. The van der Waals surface area contributed by atoms with Crippen molar-refractivity contribution in [2.24, 2.45) is 0 Å². The minimum atomic E-state index is -0.0240. The topological polar surface area (TPSA) is 38.3 Å². The normalized spacial score (nSPS) is 30.3. The summed E-state index contributed by atoms with van der Waals surface area (Å²) in [5, 5.41) is 3.24. The fourth-order valence-electron chi connectivity index (χ4n) is 1.53. The first-order valence-corrected chi connectivity index (χ1v) is 4.22. The second-order valence-electron chi connectivity index (χ2n) is 2.95. The van der Waals surface area contributed by atoms with Crippen molar-refractivity contribution in [1.82, 2.24) is 5.32 Å². The molecule has 1 heterocycles. The standard InChI is InChI=1S/C8H15NO2/c1-2-3-7-4-5-8(9-7)11-6-10/h6-9H,2-5H2,1H3/t7-,8+/m1/s1. The number of carbonyl (C=O) groups excluding carboxylic acids is 1. The Morgan fingerprint density at radius 3 is 3.09 bits per heavy atom. The molecule has 2 atom stereocenters. The van der Waals surface area contributed by atoms with E-state index >= 15 is 0 Å². The van der Waals surface area contributed by atoms with Gasteiger partial charge in [0, 0.05) is 6.04 Å². The first kappa shape index (κ1) is 8.53. The second kappa shape index (κ2) is 4.34. The molecule has 1 N–H and O–H groups in total. The zero-order chi connectivity index (χ0) is 8.10. The molecule has 0 unspecified atom stereocenters. The van der Waals surface area contributed by atoms with E-state index in [1.165, 1.54) is 12.8 Å². The molecule has 3 heteroatoms. The summed E-state index contributed by atoms with van der Waals surface area (Å²) in [5.74, 6) is 0. The first-order valence-electron chi connectivity index (χ1n) is 4.22. The van der Waals surface area contributed by atoms with Gasteiger partial charge in [0.1, 0.15) is 0 Å². The molecule has 0 amide bonds. The van der Waals surface area contributed by atoms with Crippen molar-refractivity contribution in [2.75, 3.05) is 0 Å². The van der Waals surface area contributed by atoms with Gasteiger partial charge in [-0.25, -0.2) is 0 Å². The summed E-state index contributed by atoms with van der Waals surface area (Å²) in [7, 11) is 0. The minimum Gasteiger partial charge on any atom is -0.449 e. The van der Waals surface area contributed by atoms with Crippen LogP contribution < -0.4 is 5.32 Å². The van der Waals surface area contributed by atoms with Gasteiger partial charge in [0.25, 0.3) is 6.47 Å². The SMILES string of the molecule is CCC[C@@H]1CC[C@H](OC=O)N1. The van der Waals surface area contributed by atoms with Crippen molar-refractivity contribution < 1.29 is 9.53 Å². The Balaban J connectivity index is 2.17. The quantitative estimate of drug-likeness (QED) is 0.619. The van der Waals surface area contributed by atoms with Crippen LogP contribution in [-0.4, -0.2) is 18.7 Å². The van der Waals surface area contributed by atoms with Crippen LogP contribution in [0.25, 0.3) is 0 Å². The Bertz CT molecular complexity index is 127. The molecule has 0 aromatic carbocycles. The van der Waals surface area contributed by atoms with E-state index in [9.17, 15) is 4.79 Å². The van der Waals surface area contributed by atoms with Crippen molar-refractivity contribution in [3.8, 4) is 0 Å². The predicted octanol–water partition coefficient (Wildman–Crippen LogP) is 1.04. The summed E-state index contributed by atoms with van der Waals surface area (Å²) < 4.78 is 4.79. The Labute approximate surface area is 67.1 Å². The molecule has 64 valence electrons. The lowest BCUT2D eigenvalue weighted by Crippen LogP contribution is -2.30. The van der Waals surface area contributed by atoms with Crippen LogP contribution >= 0.6 is 0 Å². The van der Waals surface area contributed by atoms with Gasteiger partial charge in [0.15, 0.2) is 6.23 Å². The molecule has 3 nitrogen and oxygen atoms in total. The largest absolute Gasteiger partial charge is 0.449 e. The Kier molecular flexibility index (Phi) is 3.36. The zero-order valence-electron chi connectivity index (χ0n) is 6.88. The van der Waals surface area contributed by atoms with Crippen LogP contribution in [0.1, 0.15) is 32.6 Å². The van der Waals surface area contributed by atoms with E-state index in [0.29, 0.717) is 12.5 Å². The number of hydrogen-bond donors (Lipinski definition) is 1. The number of carbonyl (C=O) groups is 1. The van der Waals surface area contributed by atoms with Gasteiger partial charge in [0.2, 0.25) is 0 Å². The van der Waals surface area contributed by atoms with E-state index in [1.54, 1.807) is 0 Å². The van der Waals surface area contributed by atoms with E-state index in [4.69, 9.17) is 4.74 Å². The van der Waals surface area contributed by atoms with Gasteiger partial charge in [-0.3, -0.25) is 10.1 Å². The molecule has 1 saturated heterocycles. The lowest BCUT2D eigenvalue weighted by molar-refractivity contribution is -0.134. The Morgan fingerprint density at radius 1 is 1.64 bits per heavy atom. The first-order chi connectivity index (χ1) is 5.36.